The Labute approximate surface area is 116 Å². The number of nitrogens with one attached hydrogen (secondary N) is 1. The Morgan fingerprint density at radius 2 is 2.35 bits per heavy atom. The van der Waals surface area contributed by atoms with E-state index in [2.05, 4.69) is 20.2 Å². The van der Waals surface area contributed by atoms with Crippen LogP contribution in [0.4, 0.5) is 0 Å². The molecule has 2 aromatic rings. The van der Waals surface area contributed by atoms with Gasteiger partial charge in [-0.3, -0.25) is 14.9 Å². The minimum absolute atomic E-state index is 0.139. The summed E-state index contributed by atoms with van der Waals surface area (Å²) in [6, 6.07) is -0.166. The molecule has 1 amide bonds. The van der Waals surface area contributed by atoms with Gasteiger partial charge in [-0.15, -0.1) is 0 Å². The second-order valence-electron chi connectivity index (χ2n) is 4.65. The Bertz CT molecular complexity index is 598. The summed E-state index contributed by atoms with van der Waals surface area (Å²) < 4.78 is 5.50. The number of carbonyl (C=O) groups is 1. The fourth-order valence-corrected chi connectivity index (χ4v) is 2.34. The topological polar surface area (TPSA) is 84.0 Å². The van der Waals surface area contributed by atoms with Gasteiger partial charge in [-0.2, -0.15) is 5.10 Å². The van der Waals surface area contributed by atoms with E-state index < -0.39 is 0 Å². The first-order valence-electron chi connectivity index (χ1n) is 6.42. The van der Waals surface area contributed by atoms with E-state index in [4.69, 9.17) is 4.74 Å². The van der Waals surface area contributed by atoms with Gasteiger partial charge in [0.15, 0.2) is 0 Å². The van der Waals surface area contributed by atoms with E-state index in [9.17, 15) is 4.79 Å². The van der Waals surface area contributed by atoms with E-state index in [1.54, 1.807) is 17.3 Å². The maximum Gasteiger partial charge on any atom is 0.274 e. The average Bonchev–Trinajstić information content (AvgIpc) is 2.93. The van der Waals surface area contributed by atoms with E-state index in [0.29, 0.717) is 25.5 Å². The van der Waals surface area contributed by atoms with Crippen molar-refractivity contribution < 1.29 is 9.53 Å². The van der Waals surface area contributed by atoms with Gasteiger partial charge in [-0.05, 0) is 12.5 Å². The molecule has 0 bridgehead atoms. The van der Waals surface area contributed by atoms with Crippen molar-refractivity contribution >= 4 is 5.91 Å². The van der Waals surface area contributed by atoms with E-state index in [1.807, 2.05) is 6.92 Å². The van der Waals surface area contributed by atoms with E-state index in [1.165, 1.54) is 12.4 Å². The molecule has 1 aliphatic rings. The summed E-state index contributed by atoms with van der Waals surface area (Å²) in [6.07, 6.45) is 6.29. The molecular formula is C13H15N5O2. The maximum atomic E-state index is 12.6. The van der Waals surface area contributed by atoms with Gasteiger partial charge in [0, 0.05) is 18.9 Å². The highest BCUT2D eigenvalue weighted by Gasteiger charge is 2.31. The molecule has 0 aromatic carbocycles. The summed E-state index contributed by atoms with van der Waals surface area (Å²) >= 11 is 0. The van der Waals surface area contributed by atoms with Crippen molar-refractivity contribution in [2.45, 2.75) is 13.0 Å². The standard InChI is InChI=1S/C13H15N5O2/c1-9-6-16-17-12(9)11-8-20-5-4-18(11)13(19)10-7-14-2-3-15-10/h2-3,6-7,11H,4-5,8H2,1H3,(H,16,17)/t11-/m0/s1. The van der Waals surface area contributed by atoms with Gasteiger partial charge < -0.3 is 9.64 Å². The van der Waals surface area contributed by atoms with Crippen LogP contribution in [-0.2, 0) is 4.74 Å². The lowest BCUT2D eigenvalue weighted by molar-refractivity contribution is -0.00440. The lowest BCUT2D eigenvalue weighted by Gasteiger charge is -2.35. The van der Waals surface area contributed by atoms with Gasteiger partial charge in [0.2, 0.25) is 0 Å². The van der Waals surface area contributed by atoms with Crippen LogP contribution < -0.4 is 0 Å². The van der Waals surface area contributed by atoms with Crippen LogP contribution >= 0.6 is 0 Å². The second-order valence-corrected chi connectivity index (χ2v) is 4.65. The number of aromatic amines is 1. The summed E-state index contributed by atoms with van der Waals surface area (Å²) in [7, 11) is 0. The summed E-state index contributed by atoms with van der Waals surface area (Å²) in [5, 5.41) is 6.97. The zero-order chi connectivity index (χ0) is 13.9. The van der Waals surface area contributed by atoms with Crippen LogP contribution in [0.15, 0.2) is 24.8 Å². The lowest BCUT2D eigenvalue weighted by Crippen LogP contribution is -2.44. The maximum absolute atomic E-state index is 12.6. The first-order chi connectivity index (χ1) is 9.77. The lowest BCUT2D eigenvalue weighted by atomic mass is 10.1. The van der Waals surface area contributed by atoms with Crippen LogP contribution in [0.2, 0.25) is 0 Å². The van der Waals surface area contributed by atoms with Crippen molar-refractivity contribution in [1.29, 1.82) is 0 Å². The third-order valence-electron chi connectivity index (χ3n) is 3.37. The highest BCUT2D eigenvalue weighted by atomic mass is 16.5. The minimum Gasteiger partial charge on any atom is -0.377 e. The van der Waals surface area contributed by atoms with Crippen molar-refractivity contribution in [1.82, 2.24) is 25.1 Å². The molecule has 1 atom stereocenters. The Morgan fingerprint density at radius 3 is 3.05 bits per heavy atom. The molecule has 0 radical (unpaired) electrons. The molecule has 0 aliphatic carbocycles. The summed E-state index contributed by atoms with van der Waals surface area (Å²) in [4.78, 5) is 22.3. The zero-order valence-electron chi connectivity index (χ0n) is 11.1. The summed E-state index contributed by atoms with van der Waals surface area (Å²) in [5.74, 6) is -0.139. The van der Waals surface area contributed by atoms with Gasteiger partial charge in [0.1, 0.15) is 5.69 Å². The van der Waals surface area contributed by atoms with E-state index in [-0.39, 0.29) is 11.9 Å². The molecule has 0 unspecified atom stereocenters. The number of ether oxygens (including phenoxy) is 1. The Balaban J connectivity index is 1.90. The molecule has 0 spiro atoms. The smallest absolute Gasteiger partial charge is 0.274 e. The Hall–Kier alpha value is -2.28. The van der Waals surface area contributed by atoms with Crippen LogP contribution in [0.3, 0.4) is 0 Å². The number of carbonyl (C=O) groups excluding carboxylic acids is 1. The molecule has 1 fully saturated rings. The number of rotatable bonds is 2. The second kappa shape index (κ2) is 5.38. The molecule has 7 nitrogen and oxygen atoms in total. The number of H-pyrrole nitrogens is 1. The van der Waals surface area contributed by atoms with Crippen LogP contribution in [-0.4, -0.2) is 50.7 Å². The first kappa shape index (κ1) is 12.7. The molecule has 7 heteroatoms. The van der Waals surface area contributed by atoms with Crippen molar-refractivity contribution in [2.75, 3.05) is 19.8 Å². The number of amides is 1. The van der Waals surface area contributed by atoms with Crippen LogP contribution in [0, 0.1) is 6.92 Å². The molecule has 1 N–H and O–H groups in total. The fourth-order valence-electron chi connectivity index (χ4n) is 2.34. The molecule has 2 aromatic heterocycles. The normalized spacial score (nSPS) is 19.1. The fraction of sp³-hybridized carbons (Fsp3) is 0.385. The number of hydrogen-bond donors (Lipinski definition) is 1. The largest absolute Gasteiger partial charge is 0.377 e. The molecule has 0 saturated carbocycles. The van der Waals surface area contributed by atoms with Crippen LogP contribution in [0.5, 0.6) is 0 Å². The molecule has 3 heterocycles. The zero-order valence-corrected chi connectivity index (χ0v) is 11.1. The number of aromatic nitrogens is 4. The third kappa shape index (κ3) is 2.27. The molecule has 1 aliphatic heterocycles. The van der Waals surface area contributed by atoms with E-state index in [0.717, 1.165) is 11.3 Å². The predicted molar refractivity (Wildman–Crippen MR) is 70.0 cm³/mol. The van der Waals surface area contributed by atoms with Crippen molar-refractivity contribution in [2.24, 2.45) is 0 Å². The number of hydrogen-bond acceptors (Lipinski definition) is 5. The SMILES string of the molecule is Cc1cn[nH]c1[C@@H]1COCCN1C(=O)c1cnccn1. The molecule has 20 heavy (non-hydrogen) atoms. The number of nitrogens with zero attached hydrogens (tertiary/aromatic N) is 4. The third-order valence-corrected chi connectivity index (χ3v) is 3.37. The van der Waals surface area contributed by atoms with Crippen LogP contribution in [0.1, 0.15) is 27.8 Å². The van der Waals surface area contributed by atoms with Gasteiger partial charge >= 0.3 is 0 Å². The summed E-state index contributed by atoms with van der Waals surface area (Å²) in [6.45, 7) is 3.46. The van der Waals surface area contributed by atoms with E-state index >= 15 is 0 Å². The average molecular weight is 273 g/mol. The quantitative estimate of drug-likeness (QED) is 0.871. The monoisotopic (exact) mass is 273 g/mol. The van der Waals surface area contributed by atoms with Gasteiger partial charge in [0.25, 0.3) is 5.91 Å². The Morgan fingerprint density at radius 1 is 1.45 bits per heavy atom. The Kier molecular flexibility index (Phi) is 3.42. The van der Waals surface area contributed by atoms with Gasteiger partial charge in [-0.1, -0.05) is 0 Å². The minimum atomic E-state index is -0.166. The number of aryl methyl sites for hydroxylation is 1. The highest BCUT2D eigenvalue weighted by Crippen LogP contribution is 2.26. The van der Waals surface area contributed by atoms with Gasteiger partial charge in [-0.25, -0.2) is 4.98 Å². The molecule has 104 valence electrons. The first-order valence-corrected chi connectivity index (χ1v) is 6.42. The van der Waals surface area contributed by atoms with Crippen LogP contribution in [0.25, 0.3) is 0 Å². The highest BCUT2D eigenvalue weighted by molar-refractivity contribution is 5.92. The molecular weight excluding hydrogens is 258 g/mol. The predicted octanol–water partition coefficient (Wildman–Crippen LogP) is 0.722. The number of morpholine rings is 1. The van der Waals surface area contributed by atoms with Crippen molar-refractivity contribution in [3.8, 4) is 0 Å². The summed E-state index contributed by atoms with van der Waals surface area (Å²) in [5.41, 5.74) is 2.26. The molecule has 1 saturated heterocycles. The molecule has 3 rings (SSSR count). The van der Waals surface area contributed by atoms with Crippen molar-refractivity contribution in [3.63, 3.8) is 0 Å². The van der Waals surface area contributed by atoms with Gasteiger partial charge in [0.05, 0.1) is 37.3 Å². The van der Waals surface area contributed by atoms with Crippen molar-refractivity contribution in [3.05, 3.63) is 41.7 Å².